The van der Waals surface area contributed by atoms with E-state index in [2.05, 4.69) is 11.9 Å². The SMILES string of the molecule is [CH2]/C=C(/F)c1cc(-c2ccccn2)cs1. The summed E-state index contributed by atoms with van der Waals surface area (Å²) in [5, 5.41) is 1.89. The van der Waals surface area contributed by atoms with Gasteiger partial charge in [0.2, 0.25) is 0 Å². The molecule has 0 aromatic carbocycles. The van der Waals surface area contributed by atoms with E-state index < -0.39 is 0 Å². The second-order valence-electron chi connectivity index (χ2n) is 2.97. The Balaban J connectivity index is 2.36. The van der Waals surface area contributed by atoms with E-state index in [9.17, 15) is 4.39 Å². The van der Waals surface area contributed by atoms with E-state index in [-0.39, 0.29) is 5.83 Å². The summed E-state index contributed by atoms with van der Waals surface area (Å²) >= 11 is 1.35. The first-order chi connectivity index (χ1) is 7.31. The second kappa shape index (κ2) is 4.36. The summed E-state index contributed by atoms with van der Waals surface area (Å²) in [5.74, 6) is -0.290. The van der Waals surface area contributed by atoms with Crippen molar-refractivity contribution in [1.82, 2.24) is 4.98 Å². The van der Waals surface area contributed by atoms with E-state index in [4.69, 9.17) is 0 Å². The summed E-state index contributed by atoms with van der Waals surface area (Å²) in [6.07, 6.45) is 2.94. The first-order valence-corrected chi connectivity index (χ1v) is 5.34. The summed E-state index contributed by atoms with van der Waals surface area (Å²) in [7, 11) is 0. The molecule has 1 nitrogen and oxygen atoms in total. The van der Waals surface area contributed by atoms with Crippen molar-refractivity contribution in [2.75, 3.05) is 0 Å². The standard InChI is InChI=1S/C12H9FNS/c1-2-10(13)12-7-9(8-15-12)11-5-3-4-6-14-11/h2-8H,1H2/b10-2+. The van der Waals surface area contributed by atoms with Crippen LogP contribution in [0.1, 0.15) is 4.88 Å². The minimum atomic E-state index is -0.290. The van der Waals surface area contributed by atoms with Crippen LogP contribution < -0.4 is 0 Å². The summed E-state index contributed by atoms with van der Waals surface area (Å²) in [5.41, 5.74) is 1.80. The number of thiophene rings is 1. The molecule has 0 bridgehead atoms. The fraction of sp³-hybridized carbons (Fsp3) is 0. The van der Waals surface area contributed by atoms with Crippen molar-refractivity contribution in [1.29, 1.82) is 0 Å². The molecule has 0 fully saturated rings. The van der Waals surface area contributed by atoms with Crippen molar-refractivity contribution in [2.45, 2.75) is 0 Å². The quantitative estimate of drug-likeness (QED) is 0.743. The second-order valence-corrected chi connectivity index (χ2v) is 3.88. The van der Waals surface area contributed by atoms with Gasteiger partial charge in [0.25, 0.3) is 0 Å². The van der Waals surface area contributed by atoms with Gasteiger partial charge in [0.05, 0.1) is 10.6 Å². The largest absolute Gasteiger partial charge is 0.256 e. The molecule has 0 aliphatic carbocycles. The van der Waals surface area contributed by atoms with Crippen LogP contribution in [0.2, 0.25) is 0 Å². The molecule has 2 heterocycles. The van der Waals surface area contributed by atoms with Crippen molar-refractivity contribution in [3.05, 3.63) is 53.7 Å². The van der Waals surface area contributed by atoms with E-state index in [0.717, 1.165) is 11.3 Å². The Bertz CT molecular complexity index is 473. The fourth-order valence-electron chi connectivity index (χ4n) is 1.23. The van der Waals surface area contributed by atoms with Gasteiger partial charge in [-0.25, -0.2) is 4.39 Å². The Morgan fingerprint density at radius 3 is 3.00 bits per heavy atom. The number of hydrogen-bond donors (Lipinski definition) is 0. The molecule has 0 unspecified atom stereocenters. The van der Waals surface area contributed by atoms with Gasteiger partial charge in [-0.05, 0) is 31.2 Å². The summed E-state index contributed by atoms with van der Waals surface area (Å²) in [6.45, 7) is 3.40. The van der Waals surface area contributed by atoms with Crippen LogP contribution in [0.3, 0.4) is 0 Å². The molecule has 0 N–H and O–H groups in total. The highest BCUT2D eigenvalue weighted by molar-refractivity contribution is 7.11. The number of rotatable bonds is 2. The van der Waals surface area contributed by atoms with E-state index in [1.54, 1.807) is 12.3 Å². The highest BCUT2D eigenvalue weighted by atomic mass is 32.1. The number of pyridine rings is 1. The Morgan fingerprint density at radius 2 is 2.33 bits per heavy atom. The van der Waals surface area contributed by atoms with Crippen LogP contribution >= 0.6 is 11.3 Å². The molecule has 0 atom stereocenters. The summed E-state index contributed by atoms with van der Waals surface area (Å²) in [6, 6.07) is 7.45. The van der Waals surface area contributed by atoms with Crippen LogP contribution in [0.4, 0.5) is 4.39 Å². The van der Waals surface area contributed by atoms with Crippen molar-refractivity contribution >= 4 is 17.2 Å². The molecule has 1 radical (unpaired) electrons. The lowest BCUT2D eigenvalue weighted by Crippen LogP contribution is -1.77. The van der Waals surface area contributed by atoms with E-state index in [1.807, 2.05) is 23.6 Å². The van der Waals surface area contributed by atoms with E-state index >= 15 is 0 Å². The third kappa shape index (κ3) is 2.13. The van der Waals surface area contributed by atoms with Crippen LogP contribution in [0, 0.1) is 6.92 Å². The molecule has 0 saturated carbocycles. The Labute approximate surface area is 91.9 Å². The van der Waals surface area contributed by atoms with Crippen molar-refractivity contribution in [2.24, 2.45) is 0 Å². The van der Waals surface area contributed by atoms with Gasteiger partial charge in [-0.2, -0.15) is 0 Å². The molecule has 0 aliphatic heterocycles. The van der Waals surface area contributed by atoms with Crippen molar-refractivity contribution in [3.63, 3.8) is 0 Å². The molecule has 3 heteroatoms. The van der Waals surface area contributed by atoms with Crippen molar-refractivity contribution < 1.29 is 4.39 Å². The normalized spacial score (nSPS) is 11.7. The Kier molecular flexibility index (Phi) is 2.92. The zero-order valence-corrected chi connectivity index (χ0v) is 8.80. The number of nitrogens with zero attached hydrogens (tertiary/aromatic N) is 1. The van der Waals surface area contributed by atoms with Gasteiger partial charge in [-0.3, -0.25) is 4.98 Å². The highest BCUT2D eigenvalue weighted by Crippen LogP contribution is 2.29. The lowest BCUT2D eigenvalue weighted by atomic mass is 10.2. The van der Waals surface area contributed by atoms with Crippen LogP contribution in [0.25, 0.3) is 17.1 Å². The molecule has 15 heavy (non-hydrogen) atoms. The van der Waals surface area contributed by atoms with Crippen LogP contribution in [-0.4, -0.2) is 4.98 Å². The number of allylic oxidation sites excluding steroid dienone is 1. The topological polar surface area (TPSA) is 12.9 Å². The van der Waals surface area contributed by atoms with E-state index in [0.29, 0.717) is 4.88 Å². The lowest BCUT2D eigenvalue weighted by Gasteiger charge is -1.93. The van der Waals surface area contributed by atoms with Gasteiger partial charge >= 0.3 is 0 Å². The predicted octanol–water partition coefficient (Wildman–Crippen LogP) is 3.95. The molecule has 2 aromatic heterocycles. The zero-order valence-electron chi connectivity index (χ0n) is 7.98. The van der Waals surface area contributed by atoms with Crippen molar-refractivity contribution in [3.8, 4) is 11.3 Å². The Morgan fingerprint density at radius 1 is 1.47 bits per heavy atom. The summed E-state index contributed by atoms with van der Waals surface area (Å²) in [4.78, 5) is 4.79. The molecular weight excluding hydrogens is 209 g/mol. The molecule has 0 spiro atoms. The van der Waals surface area contributed by atoms with Gasteiger partial charge in [0, 0.05) is 17.1 Å². The maximum Gasteiger partial charge on any atom is 0.136 e. The lowest BCUT2D eigenvalue weighted by molar-refractivity contribution is 0.764. The summed E-state index contributed by atoms with van der Waals surface area (Å²) < 4.78 is 13.2. The van der Waals surface area contributed by atoms with Gasteiger partial charge in [0.15, 0.2) is 0 Å². The van der Waals surface area contributed by atoms with Gasteiger partial charge in [0.1, 0.15) is 5.83 Å². The van der Waals surface area contributed by atoms with Gasteiger partial charge in [-0.1, -0.05) is 6.07 Å². The van der Waals surface area contributed by atoms with Crippen LogP contribution in [-0.2, 0) is 0 Å². The molecule has 0 aliphatic rings. The fourth-order valence-corrected chi connectivity index (χ4v) is 2.06. The monoisotopic (exact) mass is 218 g/mol. The third-order valence-electron chi connectivity index (χ3n) is 1.97. The van der Waals surface area contributed by atoms with Crippen LogP contribution in [0.5, 0.6) is 0 Å². The van der Waals surface area contributed by atoms with E-state index in [1.165, 1.54) is 17.4 Å². The molecule has 2 aromatic rings. The average Bonchev–Trinajstić information content (AvgIpc) is 2.78. The third-order valence-corrected chi connectivity index (χ3v) is 2.91. The molecule has 0 saturated heterocycles. The molecular formula is C12H9FNS. The minimum absolute atomic E-state index is 0.290. The number of halogens is 1. The maximum absolute atomic E-state index is 13.2. The first kappa shape index (κ1) is 10.1. The number of aromatic nitrogens is 1. The van der Waals surface area contributed by atoms with Gasteiger partial charge < -0.3 is 0 Å². The average molecular weight is 218 g/mol. The molecule has 75 valence electrons. The first-order valence-electron chi connectivity index (χ1n) is 4.46. The minimum Gasteiger partial charge on any atom is -0.256 e. The zero-order chi connectivity index (χ0) is 10.7. The molecule has 0 amide bonds. The Hall–Kier alpha value is -1.48. The van der Waals surface area contributed by atoms with Crippen LogP contribution in [0.15, 0.2) is 41.9 Å². The highest BCUT2D eigenvalue weighted by Gasteiger charge is 2.05. The number of hydrogen-bond acceptors (Lipinski definition) is 2. The molecule has 2 rings (SSSR count). The predicted molar refractivity (Wildman–Crippen MR) is 62.0 cm³/mol. The smallest absolute Gasteiger partial charge is 0.136 e. The maximum atomic E-state index is 13.2. The van der Waals surface area contributed by atoms with Gasteiger partial charge in [-0.15, -0.1) is 11.3 Å².